The van der Waals surface area contributed by atoms with E-state index in [4.69, 9.17) is 11.8 Å². The van der Waals surface area contributed by atoms with Crippen LogP contribution in [0.1, 0.15) is 69.2 Å². The molecule has 0 amide bonds. The summed E-state index contributed by atoms with van der Waals surface area (Å²) in [6, 6.07) is 0.683. The summed E-state index contributed by atoms with van der Waals surface area (Å²) < 4.78 is 6.56. The van der Waals surface area contributed by atoms with E-state index in [2.05, 4.69) is 93.9 Å². The highest BCUT2D eigenvalue weighted by Crippen LogP contribution is 2.66. The summed E-state index contributed by atoms with van der Waals surface area (Å²) in [4.78, 5) is 0. The third-order valence-corrected chi connectivity index (χ3v) is 8.63. The van der Waals surface area contributed by atoms with Crippen LogP contribution in [0.4, 0.5) is 0 Å². The molecular weight excluding hydrogens is 301 g/mol. The Morgan fingerprint density at radius 2 is 1.10 bits per heavy atom. The minimum Gasteiger partial charge on any atom is -0.236 e. The van der Waals surface area contributed by atoms with Crippen LogP contribution in [0, 0.1) is 0 Å². The molecule has 1 aliphatic heterocycles. The SMILES string of the molecule is CC(C)N(C(C)C)P1(=S)N(C(C)(C)C)N=NN1C(C)(C)C. The minimum atomic E-state index is -2.26. The van der Waals surface area contributed by atoms with Gasteiger partial charge in [0, 0.05) is 12.1 Å². The van der Waals surface area contributed by atoms with Crippen LogP contribution < -0.4 is 0 Å². The lowest BCUT2D eigenvalue weighted by atomic mass is 10.1. The quantitative estimate of drug-likeness (QED) is 0.693. The van der Waals surface area contributed by atoms with Crippen LogP contribution in [0.25, 0.3) is 0 Å². The second kappa shape index (κ2) is 5.78. The molecule has 0 aromatic rings. The van der Waals surface area contributed by atoms with E-state index in [1.807, 2.05) is 0 Å². The van der Waals surface area contributed by atoms with Crippen molar-refractivity contribution in [2.24, 2.45) is 10.4 Å². The highest BCUT2D eigenvalue weighted by Gasteiger charge is 2.52. The maximum Gasteiger partial charge on any atom is 0.229 e. The number of rotatable bonds is 3. The van der Waals surface area contributed by atoms with Crippen molar-refractivity contribution in [1.82, 2.24) is 14.2 Å². The van der Waals surface area contributed by atoms with Crippen LogP contribution in [0.5, 0.6) is 0 Å². The van der Waals surface area contributed by atoms with E-state index in [9.17, 15) is 0 Å². The van der Waals surface area contributed by atoms with E-state index >= 15 is 0 Å². The van der Waals surface area contributed by atoms with Crippen molar-refractivity contribution in [1.29, 1.82) is 0 Å². The van der Waals surface area contributed by atoms with E-state index in [0.29, 0.717) is 12.1 Å². The molecule has 7 heteroatoms. The average molecular weight is 333 g/mol. The van der Waals surface area contributed by atoms with Crippen molar-refractivity contribution in [3.8, 4) is 0 Å². The second-order valence-corrected chi connectivity index (χ2v) is 11.9. The lowest BCUT2D eigenvalue weighted by Gasteiger charge is -2.50. The number of hydrogen-bond donors (Lipinski definition) is 0. The van der Waals surface area contributed by atoms with Crippen LogP contribution in [0.3, 0.4) is 0 Å². The summed E-state index contributed by atoms with van der Waals surface area (Å²) in [6.45, 7) is 19.5. The Bertz CT molecular complexity index is 411. The van der Waals surface area contributed by atoms with E-state index in [1.165, 1.54) is 0 Å². The molecule has 21 heavy (non-hydrogen) atoms. The Kier molecular flexibility index (Phi) is 5.19. The Morgan fingerprint density at radius 1 is 0.810 bits per heavy atom. The summed E-state index contributed by atoms with van der Waals surface area (Å²) in [6.07, 6.45) is 0. The molecule has 0 spiro atoms. The zero-order chi connectivity index (χ0) is 16.8. The normalized spacial score (nSPS) is 19.5. The standard InChI is InChI=1S/C14H32N5PS/c1-11(2)17(12(3)4)20(21)18(13(5,6)7)15-16-19(20)14(8,9)10/h11-12H,1-10H3. The summed E-state index contributed by atoms with van der Waals surface area (Å²) in [5.41, 5.74) is -0.303. The van der Waals surface area contributed by atoms with Crippen molar-refractivity contribution in [3.63, 3.8) is 0 Å². The van der Waals surface area contributed by atoms with Crippen molar-refractivity contribution in [2.75, 3.05) is 0 Å². The molecule has 0 N–H and O–H groups in total. The molecule has 0 saturated heterocycles. The van der Waals surface area contributed by atoms with Crippen molar-refractivity contribution in [3.05, 3.63) is 0 Å². The highest BCUT2D eigenvalue weighted by atomic mass is 32.4. The first kappa shape index (κ1) is 18.9. The Morgan fingerprint density at radius 3 is 1.29 bits per heavy atom. The van der Waals surface area contributed by atoms with Gasteiger partial charge in [-0.05, 0) is 91.5 Å². The topological polar surface area (TPSA) is 34.4 Å². The molecule has 0 saturated carbocycles. The van der Waals surface area contributed by atoms with Gasteiger partial charge in [-0.2, -0.15) is 0 Å². The number of nitrogens with zero attached hydrogens (tertiary/aromatic N) is 5. The van der Waals surface area contributed by atoms with E-state index in [1.54, 1.807) is 0 Å². The maximum atomic E-state index is 6.28. The van der Waals surface area contributed by atoms with Gasteiger partial charge in [0.1, 0.15) is 0 Å². The average Bonchev–Trinajstić information content (AvgIpc) is 2.52. The molecule has 1 aliphatic rings. The van der Waals surface area contributed by atoms with Crippen LogP contribution in [0.15, 0.2) is 10.4 Å². The largest absolute Gasteiger partial charge is 0.236 e. The molecule has 0 unspecified atom stereocenters. The van der Waals surface area contributed by atoms with Gasteiger partial charge in [0.2, 0.25) is 6.49 Å². The zero-order valence-electron chi connectivity index (χ0n) is 15.2. The number of hydrogen-bond acceptors (Lipinski definition) is 3. The third kappa shape index (κ3) is 3.43. The molecule has 1 rings (SSSR count). The van der Waals surface area contributed by atoms with Gasteiger partial charge in [-0.1, -0.05) is 0 Å². The molecule has 5 nitrogen and oxygen atoms in total. The Balaban J connectivity index is 3.48. The molecule has 124 valence electrons. The molecule has 1 heterocycles. The summed E-state index contributed by atoms with van der Waals surface area (Å²) in [7, 11) is 0. The minimum absolute atomic E-state index is 0.152. The summed E-state index contributed by atoms with van der Waals surface area (Å²) >= 11 is 6.28. The predicted molar refractivity (Wildman–Crippen MR) is 94.4 cm³/mol. The van der Waals surface area contributed by atoms with E-state index in [0.717, 1.165) is 0 Å². The fraction of sp³-hybridized carbons (Fsp3) is 1.00. The van der Waals surface area contributed by atoms with E-state index < -0.39 is 6.49 Å². The molecule has 0 aliphatic carbocycles. The fourth-order valence-electron chi connectivity index (χ4n) is 2.70. The van der Waals surface area contributed by atoms with Gasteiger partial charge in [0.05, 0.1) is 11.1 Å². The van der Waals surface area contributed by atoms with Gasteiger partial charge in [-0.3, -0.25) is 0 Å². The smallest absolute Gasteiger partial charge is 0.229 e. The molecule has 0 aromatic heterocycles. The highest BCUT2D eigenvalue weighted by molar-refractivity contribution is 8.11. The van der Waals surface area contributed by atoms with Gasteiger partial charge in [0.25, 0.3) is 0 Å². The van der Waals surface area contributed by atoms with Crippen LogP contribution in [-0.4, -0.2) is 37.4 Å². The van der Waals surface area contributed by atoms with Gasteiger partial charge >= 0.3 is 0 Å². The lowest BCUT2D eigenvalue weighted by Crippen LogP contribution is -2.49. The first-order chi connectivity index (χ1) is 9.24. The first-order valence-electron chi connectivity index (χ1n) is 7.66. The zero-order valence-corrected chi connectivity index (χ0v) is 17.0. The van der Waals surface area contributed by atoms with Gasteiger partial charge in [0.15, 0.2) is 0 Å². The Hall–Kier alpha value is -0.190. The third-order valence-electron chi connectivity index (χ3n) is 3.26. The van der Waals surface area contributed by atoms with Gasteiger partial charge < -0.3 is 0 Å². The van der Waals surface area contributed by atoms with Crippen LogP contribution >= 0.6 is 6.49 Å². The molecule has 0 aromatic carbocycles. The first-order valence-corrected chi connectivity index (χ1v) is 10.3. The summed E-state index contributed by atoms with van der Waals surface area (Å²) in [5, 5.41) is 8.96. The van der Waals surface area contributed by atoms with E-state index in [-0.39, 0.29) is 11.1 Å². The second-order valence-electron chi connectivity index (χ2n) is 8.18. The van der Waals surface area contributed by atoms with Gasteiger partial charge in [-0.25, -0.2) is 14.2 Å². The lowest BCUT2D eigenvalue weighted by molar-refractivity contribution is 0.209. The summed E-state index contributed by atoms with van der Waals surface area (Å²) in [5.74, 6) is 0. The predicted octanol–water partition coefficient (Wildman–Crippen LogP) is 4.83. The molecular formula is C14H32N5PS. The monoisotopic (exact) mass is 333 g/mol. The molecule has 0 radical (unpaired) electrons. The van der Waals surface area contributed by atoms with Crippen molar-refractivity contribution in [2.45, 2.75) is 92.4 Å². The maximum absolute atomic E-state index is 6.28. The fourth-order valence-corrected chi connectivity index (χ4v) is 9.10. The Labute approximate surface area is 135 Å². The molecule has 0 bridgehead atoms. The van der Waals surface area contributed by atoms with Crippen LogP contribution in [0.2, 0.25) is 0 Å². The van der Waals surface area contributed by atoms with Crippen molar-refractivity contribution >= 4 is 18.3 Å². The van der Waals surface area contributed by atoms with Gasteiger partial charge in [-0.15, -0.1) is 0 Å². The van der Waals surface area contributed by atoms with Crippen LogP contribution in [-0.2, 0) is 11.8 Å². The van der Waals surface area contributed by atoms with Crippen molar-refractivity contribution < 1.29 is 0 Å². The molecule has 0 fully saturated rings. The molecule has 0 atom stereocenters.